The molecule has 150 valence electrons. The van der Waals surface area contributed by atoms with Gasteiger partial charge in [0, 0.05) is 5.56 Å². The summed E-state index contributed by atoms with van der Waals surface area (Å²) in [5.41, 5.74) is 6.15. The summed E-state index contributed by atoms with van der Waals surface area (Å²) in [6, 6.07) is 12.5. The van der Waals surface area contributed by atoms with Gasteiger partial charge in [-0.1, -0.05) is 43.7 Å². The molecule has 0 aliphatic carbocycles. The van der Waals surface area contributed by atoms with Crippen LogP contribution in [0.25, 0.3) is 0 Å². The molecule has 0 aromatic heterocycles. The number of hydrazine groups is 1. The molecule has 2 aromatic rings. The minimum Gasteiger partial charge on any atom is -0.493 e. The van der Waals surface area contributed by atoms with Gasteiger partial charge in [0.25, 0.3) is 5.91 Å². The smallest absolute Gasteiger partial charge is 0.269 e. The number of amides is 2. The van der Waals surface area contributed by atoms with Crippen LogP contribution in [-0.4, -0.2) is 33.1 Å². The molecule has 0 radical (unpaired) electrons. The molecule has 1 atom stereocenters. The molecule has 0 fully saturated rings. The van der Waals surface area contributed by atoms with Crippen LogP contribution < -0.4 is 25.1 Å². The highest BCUT2D eigenvalue weighted by atomic mass is 16.5. The highest BCUT2D eigenvalue weighted by molar-refractivity contribution is 5.97. The molecule has 0 saturated heterocycles. The lowest BCUT2D eigenvalue weighted by Gasteiger charge is -2.17. The van der Waals surface area contributed by atoms with E-state index < -0.39 is 5.91 Å². The Morgan fingerprint density at radius 3 is 2.04 bits per heavy atom. The highest BCUT2D eigenvalue weighted by Crippen LogP contribution is 2.38. The van der Waals surface area contributed by atoms with Gasteiger partial charge in [-0.15, -0.1) is 0 Å². The van der Waals surface area contributed by atoms with Crippen LogP contribution in [0.1, 0.15) is 41.6 Å². The molecule has 0 spiro atoms. The van der Waals surface area contributed by atoms with Crippen LogP contribution in [0.15, 0.2) is 42.5 Å². The Morgan fingerprint density at radius 1 is 0.929 bits per heavy atom. The molecule has 0 unspecified atom stereocenters. The maximum absolute atomic E-state index is 12.6. The lowest BCUT2D eigenvalue weighted by molar-refractivity contribution is -0.123. The Morgan fingerprint density at radius 2 is 1.54 bits per heavy atom. The first-order chi connectivity index (χ1) is 13.5. The fourth-order valence-corrected chi connectivity index (χ4v) is 2.91. The Kier molecular flexibility index (Phi) is 7.68. The van der Waals surface area contributed by atoms with Crippen LogP contribution in [0.2, 0.25) is 0 Å². The molecule has 0 bridgehead atoms. The summed E-state index contributed by atoms with van der Waals surface area (Å²) in [6.45, 7) is 2.01. The average Bonchev–Trinajstić information content (AvgIpc) is 2.74. The quantitative estimate of drug-likeness (QED) is 0.681. The summed E-state index contributed by atoms with van der Waals surface area (Å²) < 4.78 is 15.7. The molecule has 2 N–H and O–H groups in total. The summed E-state index contributed by atoms with van der Waals surface area (Å²) >= 11 is 0. The van der Waals surface area contributed by atoms with Crippen LogP contribution in [0, 0.1) is 0 Å². The van der Waals surface area contributed by atoms with E-state index in [1.165, 1.54) is 33.5 Å². The SMILES string of the molecule is CCC[C@@H](C(=O)NNC(=O)c1cc(OC)c(OC)c(OC)c1)c1ccccc1. The van der Waals surface area contributed by atoms with E-state index in [-0.39, 0.29) is 17.4 Å². The van der Waals surface area contributed by atoms with Gasteiger partial charge in [-0.25, -0.2) is 0 Å². The second-order valence-corrected chi connectivity index (χ2v) is 6.11. The molecular weight excluding hydrogens is 360 g/mol. The van der Waals surface area contributed by atoms with Gasteiger partial charge in [-0.05, 0) is 24.1 Å². The van der Waals surface area contributed by atoms with E-state index in [0.717, 1.165) is 12.0 Å². The molecule has 2 amide bonds. The predicted octanol–water partition coefficient (Wildman–Crippen LogP) is 3.06. The van der Waals surface area contributed by atoms with E-state index >= 15 is 0 Å². The maximum atomic E-state index is 12.6. The van der Waals surface area contributed by atoms with Crippen LogP contribution >= 0.6 is 0 Å². The Bertz CT molecular complexity index is 783. The first-order valence-electron chi connectivity index (χ1n) is 9.00. The van der Waals surface area contributed by atoms with E-state index in [4.69, 9.17) is 14.2 Å². The van der Waals surface area contributed by atoms with Gasteiger partial charge in [0.05, 0.1) is 27.2 Å². The Balaban J connectivity index is 2.13. The van der Waals surface area contributed by atoms with Crippen LogP contribution in [0.4, 0.5) is 0 Å². The van der Waals surface area contributed by atoms with Crippen LogP contribution in [0.5, 0.6) is 17.2 Å². The van der Waals surface area contributed by atoms with E-state index in [1.54, 1.807) is 0 Å². The first-order valence-corrected chi connectivity index (χ1v) is 9.00. The fourth-order valence-electron chi connectivity index (χ4n) is 2.91. The highest BCUT2D eigenvalue weighted by Gasteiger charge is 2.21. The molecular formula is C21H26N2O5. The van der Waals surface area contributed by atoms with Gasteiger partial charge in [0.15, 0.2) is 11.5 Å². The van der Waals surface area contributed by atoms with Gasteiger partial charge in [0.1, 0.15) is 0 Å². The summed E-state index contributed by atoms with van der Waals surface area (Å²) in [7, 11) is 4.42. The topological polar surface area (TPSA) is 85.9 Å². The largest absolute Gasteiger partial charge is 0.493 e. The number of benzene rings is 2. The number of carbonyl (C=O) groups excluding carboxylic acids is 2. The number of rotatable bonds is 8. The van der Waals surface area contributed by atoms with Gasteiger partial charge >= 0.3 is 0 Å². The molecule has 7 heteroatoms. The molecule has 0 aliphatic heterocycles. The van der Waals surface area contributed by atoms with Crippen molar-refractivity contribution in [2.75, 3.05) is 21.3 Å². The monoisotopic (exact) mass is 386 g/mol. The second kappa shape index (κ2) is 10.2. The lowest BCUT2D eigenvalue weighted by Crippen LogP contribution is -2.44. The normalized spacial score (nSPS) is 11.3. The third-order valence-corrected chi connectivity index (χ3v) is 4.32. The summed E-state index contributed by atoms with van der Waals surface area (Å²) in [6.07, 6.45) is 1.52. The van der Waals surface area contributed by atoms with E-state index in [2.05, 4.69) is 10.9 Å². The van der Waals surface area contributed by atoms with Crippen molar-refractivity contribution in [2.45, 2.75) is 25.7 Å². The summed E-state index contributed by atoms with van der Waals surface area (Å²) in [4.78, 5) is 25.1. The summed E-state index contributed by atoms with van der Waals surface area (Å²) in [5.74, 6) is -0.00758. The van der Waals surface area contributed by atoms with E-state index in [9.17, 15) is 9.59 Å². The van der Waals surface area contributed by atoms with Crippen molar-refractivity contribution in [3.63, 3.8) is 0 Å². The van der Waals surface area contributed by atoms with Crippen molar-refractivity contribution in [3.8, 4) is 17.2 Å². The van der Waals surface area contributed by atoms with E-state index in [0.29, 0.717) is 23.7 Å². The van der Waals surface area contributed by atoms with Gasteiger partial charge in [0.2, 0.25) is 11.7 Å². The van der Waals surface area contributed by atoms with Crippen molar-refractivity contribution in [2.24, 2.45) is 0 Å². The number of hydrogen-bond donors (Lipinski definition) is 2. The van der Waals surface area contributed by atoms with Crippen molar-refractivity contribution < 1.29 is 23.8 Å². The standard InChI is InChI=1S/C21H26N2O5/c1-5-9-16(14-10-7-6-8-11-14)21(25)23-22-20(24)15-12-17(26-2)19(28-4)18(13-15)27-3/h6-8,10-13,16H,5,9H2,1-4H3,(H,22,24)(H,23,25)/t16-/m1/s1. The fraction of sp³-hybridized carbons (Fsp3) is 0.333. The zero-order valence-electron chi connectivity index (χ0n) is 16.6. The third-order valence-electron chi connectivity index (χ3n) is 4.32. The zero-order valence-corrected chi connectivity index (χ0v) is 16.6. The lowest BCUT2D eigenvalue weighted by atomic mass is 9.94. The minimum absolute atomic E-state index is 0.265. The summed E-state index contributed by atoms with van der Waals surface area (Å²) in [5, 5.41) is 0. The van der Waals surface area contributed by atoms with Crippen LogP contribution in [-0.2, 0) is 4.79 Å². The molecule has 2 rings (SSSR count). The van der Waals surface area contributed by atoms with Crippen LogP contribution in [0.3, 0.4) is 0 Å². The molecule has 7 nitrogen and oxygen atoms in total. The molecule has 0 saturated carbocycles. The molecule has 28 heavy (non-hydrogen) atoms. The average molecular weight is 386 g/mol. The Hall–Kier alpha value is -3.22. The van der Waals surface area contributed by atoms with Crippen molar-refractivity contribution in [1.29, 1.82) is 0 Å². The van der Waals surface area contributed by atoms with Gasteiger partial charge in [-0.2, -0.15) is 0 Å². The van der Waals surface area contributed by atoms with Crippen molar-refractivity contribution in [3.05, 3.63) is 53.6 Å². The second-order valence-electron chi connectivity index (χ2n) is 6.11. The first kappa shape index (κ1) is 21.1. The number of ether oxygens (including phenoxy) is 3. The van der Waals surface area contributed by atoms with Gasteiger partial charge in [-0.3, -0.25) is 20.4 Å². The minimum atomic E-state index is -0.490. The molecule has 0 aliphatic rings. The number of carbonyl (C=O) groups is 2. The predicted molar refractivity (Wildman–Crippen MR) is 106 cm³/mol. The molecule has 0 heterocycles. The number of hydrogen-bond acceptors (Lipinski definition) is 5. The van der Waals surface area contributed by atoms with Crippen molar-refractivity contribution >= 4 is 11.8 Å². The number of methoxy groups -OCH3 is 3. The Labute approximate surface area is 165 Å². The van der Waals surface area contributed by atoms with Gasteiger partial charge < -0.3 is 14.2 Å². The number of nitrogens with one attached hydrogen (secondary N) is 2. The maximum Gasteiger partial charge on any atom is 0.269 e. The van der Waals surface area contributed by atoms with E-state index in [1.807, 2.05) is 37.3 Å². The zero-order chi connectivity index (χ0) is 20.5. The van der Waals surface area contributed by atoms with Crippen molar-refractivity contribution in [1.82, 2.24) is 10.9 Å². The molecule has 2 aromatic carbocycles. The third kappa shape index (κ3) is 4.94.